The highest BCUT2D eigenvalue weighted by Crippen LogP contribution is 2.69. The summed E-state index contributed by atoms with van der Waals surface area (Å²) in [7, 11) is 0. The molecule has 0 amide bonds. The first-order valence-corrected chi connectivity index (χ1v) is 30.8. The maximum Gasteiger partial charge on any atom is 0.133 e. The summed E-state index contributed by atoms with van der Waals surface area (Å²) in [5.41, 5.74) is 3.47. The Morgan fingerprint density at radius 2 is 0.829 bits per heavy atom. The Morgan fingerprint density at radius 3 is 1.39 bits per heavy atom. The number of aliphatic hydroxyl groups excluding tert-OH is 2. The zero-order valence-electron chi connectivity index (χ0n) is 45.8. The van der Waals surface area contributed by atoms with Crippen molar-refractivity contribution >= 4 is 11.6 Å². The van der Waals surface area contributed by atoms with Crippen LogP contribution in [0.3, 0.4) is 0 Å². The van der Waals surface area contributed by atoms with Gasteiger partial charge in [-0.05, 0) is 258 Å². The third-order valence-corrected chi connectivity index (χ3v) is 26.6. The van der Waals surface area contributed by atoms with Gasteiger partial charge >= 0.3 is 0 Å². The summed E-state index contributed by atoms with van der Waals surface area (Å²) in [4.78, 5) is 23.2. The second-order valence-corrected chi connectivity index (χ2v) is 29.3. The molecule has 0 aromatic carbocycles. The third-order valence-electron chi connectivity index (χ3n) is 26.6. The standard InChI is InChI=1S/C21H36O.C21H34O.C11H20O.C11H18O.2CH4/c2*1-4-14-6-8-18-17-7-5-15-13-16(22)9-11-21(15,3)19(17)10-12-20(14,18)2;2*1-11-6-3-2-4-9(11)8-10(12)5-7-11;;/h14-19,22H,4-13H2,1-3H3;14-15,17-19H,4-13H2,1-3H3;9-10,12H,2-8H2,1H3;9H,2-8H2,1H3;2*1H4/t14-,15-,16+,17?,18?,19?,20+,21-;14-,15-,17?,18?,19?,20+,21-;9-,10+,11-;9-,11-;;/m0000../s1. The van der Waals surface area contributed by atoms with Crippen molar-refractivity contribution < 1.29 is 19.8 Å². The van der Waals surface area contributed by atoms with Gasteiger partial charge in [0.2, 0.25) is 0 Å². The number of fused-ring (bicyclic) bond motifs is 12. The van der Waals surface area contributed by atoms with Crippen LogP contribution in [-0.4, -0.2) is 34.0 Å². The molecule has 12 rings (SSSR count). The molecule has 0 radical (unpaired) electrons. The van der Waals surface area contributed by atoms with Gasteiger partial charge in [-0.2, -0.15) is 0 Å². The van der Waals surface area contributed by atoms with Gasteiger partial charge in [0, 0.05) is 25.7 Å². The number of Topliss-reactive ketones (excluding diaryl/α,β-unsaturated/α-hetero) is 2. The summed E-state index contributed by atoms with van der Waals surface area (Å²) in [6, 6.07) is 0. The molecule has 12 saturated carbocycles. The number of hydrogen-bond acceptors (Lipinski definition) is 4. The number of ketones is 2. The number of aliphatic hydroxyl groups is 2. The van der Waals surface area contributed by atoms with E-state index in [1.54, 1.807) is 0 Å². The van der Waals surface area contributed by atoms with Crippen LogP contribution in [0, 0.1) is 104 Å². The molecule has 2 N–H and O–H groups in total. The Hall–Kier alpha value is -0.740. The van der Waals surface area contributed by atoms with E-state index in [-0.39, 0.29) is 27.1 Å². The Morgan fingerprint density at radius 1 is 0.400 bits per heavy atom. The third kappa shape index (κ3) is 10.6. The highest BCUT2D eigenvalue weighted by atomic mass is 16.3. The molecular weight excluding hydrogens is 857 g/mol. The predicted octanol–water partition coefficient (Wildman–Crippen LogP) is 18.0. The van der Waals surface area contributed by atoms with E-state index in [2.05, 4.69) is 55.4 Å². The van der Waals surface area contributed by atoms with Crippen LogP contribution in [-0.2, 0) is 9.59 Å². The minimum atomic E-state index is -0.000524. The summed E-state index contributed by atoms with van der Waals surface area (Å²) in [5, 5.41) is 19.7. The molecule has 12 fully saturated rings. The lowest BCUT2D eigenvalue weighted by Crippen LogP contribution is -2.53. The fourth-order valence-electron chi connectivity index (χ4n) is 21.9. The summed E-state index contributed by atoms with van der Waals surface area (Å²) >= 11 is 0. The van der Waals surface area contributed by atoms with Crippen LogP contribution >= 0.6 is 0 Å². The van der Waals surface area contributed by atoms with E-state index in [1.165, 1.54) is 161 Å². The average Bonchev–Trinajstić information content (AvgIpc) is 3.86. The van der Waals surface area contributed by atoms with Crippen LogP contribution in [0.15, 0.2) is 0 Å². The van der Waals surface area contributed by atoms with Crippen molar-refractivity contribution in [3.63, 3.8) is 0 Å². The maximum absolute atomic E-state index is 11.9. The van der Waals surface area contributed by atoms with Crippen LogP contribution in [0.25, 0.3) is 0 Å². The minimum Gasteiger partial charge on any atom is -0.393 e. The second-order valence-electron chi connectivity index (χ2n) is 29.3. The van der Waals surface area contributed by atoms with E-state index in [0.29, 0.717) is 50.0 Å². The lowest BCUT2D eigenvalue weighted by molar-refractivity contribution is -0.139. The van der Waals surface area contributed by atoms with Gasteiger partial charge < -0.3 is 10.2 Å². The molecule has 70 heavy (non-hydrogen) atoms. The van der Waals surface area contributed by atoms with Crippen LogP contribution in [0.2, 0.25) is 0 Å². The Balaban J connectivity index is 0.000000142. The fraction of sp³-hybridized carbons (Fsp3) is 0.970. The molecular formula is C66H116O4. The van der Waals surface area contributed by atoms with Crippen LogP contribution in [0.1, 0.15) is 289 Å². The monoisotopic (exact) mass is 973 g/mol. The summed E-state index contributed by atoms with van der Waals surface area (Å²) in [5.74, 6) is 12.0. The molecule has 4 heteroatoms. The summed E-state index contributed by atoms with van der Waals surface area (Å²) in [6.45, 7) is 20.1. The molecule has 0 bridgehead atoms. The van der Waals surface area contributed by atoms with E-state index in [1.807, 2.05) is 0 Å². The zero-order chi connectivity index (χ0) is 48.3. The first-order valence-electron chi connectivity index (χ1n) is 30.8. The number of carbonyl (C=O) groups is 2. The molecule has 404 valence electrons. The van der Waals surface area contributed by atoms with Gasteiger partial charge in [-0.3, -0.25) is 9.59 Å². The molecule has 0 spiro atoms. The Labute approximate surface area is 433 Å². The van der Waals surface area contributed by atoms with E-state index in [4.69, 9.17) is 0 Å². The highest BCUT2D eigenvalue weighted by molar-refractivity contribution is 5.80. The van der Waals surface area contributed by atoms with Crippen LogP contribution in [0.4, 0.5) is 0 Å². The first-order chi connectivity index (χ1) is 32.4. The van der Waals surface area contributed by atoms with Crippen molar-refractivity contribution in [2.45, 2.75) is 301 Å². The topological polar surface area (TPSA) is 74.6 Å². The first kappa shape index (κ1) is 57.0. The Bertz CT molecular complexity index is 1740. The lowest BCUT2D eigenvalue weighted by Gasteiger charge is -2.61. The van der Waals surface area contributed by atoms with Crippen molar-refractivity contribution in [1.29, 1.82) is 0 Å². The van der Waals surface area contributed by atoms with Crippen molar-refractivity contribution in [3.8, 4) is 0 Å². The molecule has 20 atom stereocenters. The molecule has 0 aromatic rings. The van der Waals surface area contributed by atoms with Gasteiger partial charge in [-0.1, -0.05) is 109 Å². The smallest absolute Gasteiger partial charge is 0.133 e. The zero-order valence-corrected chi connectivity index (χ0v) is 45.8. The normalized spacial score (nSPS) is 50.9. The van der Waals surface area contributed by atoms with Gasteiger partial charge in [0.05, 0.1) is 12.2 Å². The van der Waals surface area contributed by atoms with E-state index in [9.17, 15) is 19.8 Å². The number of carbonyl (C=O) groups excluding carboxylic acids is 2. The van der Waals surface area contributed by atoms with Crippen molar-refractivity contribution in [1.82, 2.24) is 0 Å². The molecule has 0 aliphatic heterocycles. The van der Waals surface area contributed by atoms with E-state index >= 15 is 0 Å². The van der Waals surface area contributed by atoms with E-state index < -0.39 is 0 Å². The molecule has 4 nitrogen and oxygen atoms in total. The van der Waals surface area contributed by atoms with E-state index in [0.717, 1.165) is 123 Å². The predicted molar refractivity (Wildman–Crippen MR) is 294 cm³/mol. The second kappa shape index (κ2) is 22.5. The lowest BCUT2D eigenvalue weighted by atomic mass is 9.44. The SMILES string of the molecule is C.C.CC[C@H]1CCC2C3CC[C@H]4CC(=O)CC[C@]4(C)C3CC[C@@]21C.CC[C@H]1CCC2C3CC[C@H]4C[C@H](O)CC[C@]4(C)C3CC[C@@]21C.C[C@@]12CCCC[C@H]1CC(=O)CC2.C[C@@]12CCCC[C@H]1C[C@H](O)CC2. The summed E-state index contributed by atoms with van der Waals surface area (Å²) in [6.07, 6.45) is 44.0. The van der Waals surface area contributed by atoms with Crippen LogP contribution < -0.4 is 0 Å². The molecule has 12 aliphatic carbocycles. The van der Waals surface area contributed by atoms with Crippen LogP contribution in [0.5, 0.6) is 0 Å². The van der Waals surface area contributed by atoms with Crippen molar-refractivity contribution in [2.75, 3.05) is 0 Å². The molecule has 0 aromatic heterocycles. The van der Waals surface area contributed by atoms with Crippen molar-refractivity contribution in [2.24, 2.45) is 104 Å². The van der Waals surface area contributed by atoms with Gasteiger partial charge in [0.15, 0.2) is 0 Å². The molecule has 12 aliphatic rings. The van der Waals surface area contributed by atoms with Gasteiger partial charge in [0.1, 0.15) is 11.6 Å². The van der Waals surface area contributed by atoms with Crippen molar-refractivity contribution in [3.05, 3.63) is 0 Å². The number of rotatable bonds is 2. The molecule has 6 unspecified atom stereocenters. The minimum absolute atomic E-state index is 0. The quantitative estimate of drug-likeness (QED) is 0.289. The highest BCUT2D eigenvalue weighted by Gasteiger charge is 2.61. The summed E-state index contributed by atoms with van der Waals surface area (Å²) < 4.78 is 0. The van der Waals surface area contributed by atoms with Gasteiger partial charge in [-0.15, -0.1) is 0 Å². The van der Waals surface area contributed by atoms with Gasteiger partial charge in [-0.25, -0.2) is 0 Å². The molecule has 0 heterocycles. The average molecular weight is 974 g/mol. The largest absolute Gasteiger partial charge is 0.393 e. The van der Waals surface area contributed by atoms with Gasteiger partial charge in [0.25, 0.3) is 0 Å². The fourth-order valence-corrected chi connectivity index (χ4v) is 21.9. The maximum atomic E-state index is 11.9. The molecule has 0 saturated heterocycles. The number of hydrogen-bond donors (Lipinski definition) is 2. The Kier molecular flexibility index (Phi) is 18.3.